The van der Waals surface area contributed by atoms with Crippen molar-refractivity contribution in [3.63, 3.8) is 0 Å². The molecule has 3 aromatic carbocycles. The number of hydrogen-bond donors (Lipinski definition) is 3. The van der Waals surface area contributed by atoms with E-state index in [9.17, 15) is 24.0 Å². The first-order chi connectivity index (χ1) is 23.1. The Labute approximate surface area is 286 Å². The van der Waals surface area contributed by atoms with Crippen molar-refractivity contribution >= 4 is 41.5 Å². The molecule has 0 aliphatic heterocycles. The summed E-state index contributed by atoms with van der Waals surface area (Å²) in [6, 6.07) is 22.9. The van der Waals surface area contributed by atoms with Crippen molar-refractivity contribution in [2.24, 2.45) is 0 Å². The van der Waals surface area contributed by atoms with Gasteiger partial charge in [-0.25, -0.2) is 14.4 Å². The van der Waals surface area contributed by atoms with Crippen LogP contribution in [-0.2, 0) is 41.8 Å². The van der Waals surface area contributed by atoms with Gasteiger partial charge in [0.1, 0.15) is 30.5 Å². The Morgan fingerprint density at radius 2 is 1.20 bits per heavy atom. The SMILES string of the molecule is CC(C)(C)OC(=O)N[C@@H](CCC(=O)OCc1ccccc1)C(=O)NN(C(=O)OC(C)(C)C)c1ccc(NC(=O)OCc2ccccc2)cc1. The third-order valence-corrected chi connectivity index (χ3v) is 6.27. The maximum atomic E-state index is 13.6. The number of esters is 1. The standard InChI is InChI=1S/C36H44N4O9/c1-35(2,3)48-33(44)38-29(21-22-30(41)46-23-25-13-9-7-10-14-25)31(42)39-40(34(45)49-36(4,5)6)28-19-17-27(18-20-28)37-32(43)47-24-26-15-11-8-12-16-26/h7-20,29H,21-24H2,1-6H3,(H,37,43)(H,38,44)(H,39,42)/t29-/m0/s1. The monoisotopic (exact) mass is 676 g/mol. The van der Waals surface area contributed by atoms with E-state index < -0.39 is 47.4 Å². The molecule has 0 aliphatic carbocycles. The molecule has 0 aromatic heterocycles. The van der Waals surface area contributed by atoms with Gasteiger partial charge in [0.15, 0.2) is 0 Å². The summed E-state index contributed by atoms with van der Waals surface area (Å²) in [5.41, 5.74) is 2.83. The predicted octanol–water partition coefficient (Wildman–Crippen LogP) is 6.62. The van der Waals surface area contributed by atoms with Crippen molar-refractivity contribution in [3.05, 3.63) is 96.1 Å². The highest BCUT2D eigenvalue weighted by molar-refractivity contribution is 5.95. The van der Waals surface area contributed by atoms with E-state index in [0.717, 1.165) is 16.1 Å². The smallest absolute Gasteiger partial charge is 0.434 e. The Morgan fingerprint density at radius 1 is 0.673 bits per heavy atom. The van der Waals surface area contributed by atoms with Gasteiger partial charge < -0.3 is 24.3 Å². The molecule has 0 aliphatic rings. The van der Waals surface area contributed by atoms with Crippen LogP contribution < -0.4 is 21.1 Å². The average Bonchev–Trinajstić information content (AvgIpc) is 3.03. The summed E-state index contributed by atoms with van der Waals surface area (Å²) in [6.45, 7) is 10.1. The Kier molecular flexibility index (Phi) is 13.5. The summed E-state index contributed by atoms with van der Waals surface area (Å²) >= 11 is 0. The van der Waals surface area contributed by atoms with Crippen LogP contribution in [0.2, 0.25) is 0 Å². The molecule has 0 heterocycles. The molecule has 0 spiro atoms. The number of rotatable bonds is 11. The Bertz CT molecular complexity index is 1550. The van der Waals surface area contributed by atoms with Crippen LogP contribution in [0.3, 0.4) is 0 Å². The maximum absolute atomic E-state index is 13.6. The quantitative estimate of drug-likeness (QED) is 0.115. The number of anilines is 2. The fourth-order valence-corrected chi connectivity index (χ4v) is 4.07. The third-order valence-electron chi connectivity index (χ3n) is 6.27. The minimum absolute atomic E-state index is 0.0397. The minimum atomic E-state index is -1.32. The van der Waals surface area contributed by atoms with Crippen LogP contribution in [0.5, 0.6) is 0 Å². The summed E-state index contributed by atoms with van der Waals surface area (Å²) in [7, 11) is 0. The van der Waals surface area contributed by atoms with Crippen molar-refractivity contribution in [1.82, 2.24) is 10.7 Å². The lowest BCUT2D eigenvalue weighted by Gasteiger charge is -2.29. The topological polar surface area (TPSA) is 162 Å². The highest BCUT2D eigenvalue weighted by atomic mass is 16.6. The molecule has 0 unspecified atom stereocenters. The molecule has 0 bridgehead atoms. The van der Waals surface area contributed by atoms with Crippen molar-refractivity contribution in [3.8, 4) is 0 Å². The van der Waals surface area contributed by atoms with Gasteiger partial charge in [0.25, 0.3) is 5.91 Å². The van der Waals surface area contributed by atoms with Crippen LogP contribution in [0.25, 0.3) is 0 Å². The molecule has 3 N–H and O–H groups in total. The minimum Gasteiger partial charge on any atom is -0.461 e. The summed E-state index contributed by atoms with van der Waals surface area (Å²) in [5.74, 6) is -1.43. The van der Waals surface area contributed by atoms with Crippen molar-refractivity contribution in [1.29, 1.82) is 0 Å². The largest absolute Gasteiger partial charge is 0.461 e. The Hall–Kier alpha value is -5.59. The van der Waals surface area contributed by atoms with Crippen molar-refractivity contribution in [2.45, 2.75) is 84.8 Å². The van der Waals surface area contributed by atoms with Gasteiger partial charge in [-0.05, 0) is 83.4 Å². The molecular formula is C36H44N4O9. The second-order valence-corrected chi connectivity index (χ2v) is 12.9. The highest BCUT2D eigenvalue weighted by Gasteiger charge is 2.30. The normalized spacial score (nSPS) is 11.7. The molecule has 13 heteroatoms. The van der Waals surface area contributed by atoms with Crippen LogP contribution in [-0.4, -0.2) is 47.4 Å². The molecular weight excluding hydrogens is 632 g/mol. The lowest BCUT2D eigenvalue weighted by molar-refractivity contribution is -0.145. The summed E-state index contributed by atoms with van der Waals surface area (Å²) in [5, 5.41) is 5.95. The van der Waals surface area contributed by atoms with Crippen LogP contribution in [0.1, 0.15) is 65.5 Å². The first-order valence-electron chi connectivity index (χ1n) is 15.7. The number of ether oxygens (including phenoxy) is 4. The van der Waals surface area contributed by atoms with Gasteiger partial charge in [0.2, 0.25) is 0 Å². The van der Waals surface area contributed by atoms with E-state index >= 15 is 0 Å². The molecule has 49 heavy (non-hydrogen) atoms. The van der Waals surface area contributed by atoms with E-state index in [2.05, 4.69) is 16.1 Å². The van der Waals surface area contributed by atoms with E-state index in [0.29, 0.717) is 5.69 Å². The molecule has 262 valence electrons. The summed E-state index contributed by atoms with van der Waals surface area (Å²) in [4.78, 5) is 64.5. The van der Waals surface area contributed by atoms with Crippen LogP contribution in [0, 0.1) is 0 Å². The zero-order valence-electron chi connectivity index (χ0n) is 28.6. The number of amides is 4. The summed E-state index contributed by atoms with van der Waals surface area (Å²) < 4.78 is 21.4. The van der Waals surface area contributed by atoms with Crippen molar-refractivity contribution < 1.29 is 42.9 Å². The first kappa shape index (κ1) is 37.9. The zero-order valence-corrected chi connectivity index (χ0v) is 28.6. The maximum Gasteiger partial charge on any atom is 0.434 e. The molecule has 13 nitrogen and oxygen atoms in total. The first-order valence-corrected chi connectivity index (χ1v) is 15.7. The molecule has 0 saturated carbocycles. The number of hydrogen-bond acceptors (Lipinski definition) is 9. The van der Waals surface area contributed by atoms with Gasteiger partial charge in [0, 0.05) is 12.1 Å². The summed E-state index contributed by atoms with van der Waals surface area (Å²) in [6.07, 6.45) is -2.92. The lowest BCUT2D eigenvalue weighted by Crippen LogP contribution is -2.55. The van der Waals surface area contributed by atoms with Gasteiger partial charge >= 0.3 is 24.2 Å². The second kappa shape index (κ2) is 17.5. The molecule has 3 rings (SSSR count). The van der Waals surface area contributed by atoms with Crippen molar-refractivity contribution in [2.75, 3.05) is 10.3 Å². The number of hydrazine groups is 1. The van der Waals surface area contributed by atoms with Gasteiger partial charge in [0.05, 0.1) is 5.69 Å². The van der Waals surface area contributed by atoms with Crippen LogP contribution >= 0.6 is 0 Å². The van der Waals surface area contributed by atoms with Crippen LogP contribution in [0.15, 0.2) is 84.9 Å². The predicted molar refractivity (Wildman–Crippen MR) is 182 cm³/mol. The number of alkyl carbamates (subject to hydrolysis) is 1. The second-order valence-electron chi connectivity index (χ2n) is 12.9. The highest BCUT2D eigenvalue weighted by Crippen LogP contribution is 2.21. The molecule has 0 saturated heterocycles. The molecule has 0 fully saturated rings. The molecule has 4 amide bonds. The molecule has 3 aromatic rings. The fraction of sp³-hybridized carbons (Fsp3) is 0.361. The van der Waals surface area contributed by atoms with E-state index in [1.54, 1.807) is 53.7 Å². The number of carbonyl (C=O) groups is 5. The Morgan fingerprint density at radius 3 is 1.73 bits per heavy atom. The zero-order chi connectivity index (χ0) is 36.0. The Balaban J connectivity index is 1.74. The average molecular weight is 677 g/mol. The fourth-order valence-electron chi connectivity index (χ4n) is 4.07. The number of benzene rings is 3. The molecule has 1 atom stereocenters. The number of nitrogens with zero attached hydrogens (tertiary/aromatic N) is 1. The molecule has 0 radical (unpaired) electrons. The number of carbonyl (C=O) groups excluding carboxylic acids is 5. The lowest BCUT2D eigenvalue weighted by atomic mass is 10.1. The van der Waals surface area contributed by atoms with Gasteiger partial charge in [-0.3, -0.25) is 20.3 Å². The van der Waals surface area contributed by atoms with Gasteiger partial charge in [-0.1, -0.05) is 60.7 Å². The van der Waals surface area contributed by atoms with Crippen LogP contribution in [0.4, 0.5) is 25.8 Å². The van der Waals surface area contributed by atoms with Gasteiger partial charge in [-0.15, -0.1) is 0 Å². The van der Waals surface area contributed by atoms with E-state index in [-0.39, 0.29) is 31.7 Å². The van der Waals surface area contributed by atoms with E-state index in [4.69, 9.17) is 18.9 Å². The number of nitrogens with one attached hydrogen (secondary N) is 3. The third kappa shape index (κ3) is 14.4. The van der Waals surface area contributed by atoms with Gasteiger partial charge in [-0.2, -0.15) is 5.01 Å². The van der Waals surface area contributed by atoms with E-state index in [1.165, 1.54) is 24.3 Å². The van der Waals surface area contributed by atoms with E-state index in [1.807, 2.05) is 48.5 Å².